The number of para-hydroxylation sites is 1. The highest BCUT2D eigenvalue weighted by molar-refractivity contribution is 7.18. The number of hydrogen-bond acceptors (Lipinski definition) is 6. The summed E-state index contributed by atoms with van der Waals surface area (Å²) in [4.78, 5) is 31.1. The van der Waals surface area contributed by atoms with Crippen molar-refractivity contribution in [2.75, 3.05) is 49.5 Å². The number of rotatable bonds is 7. The Morgan fingerprint density at radius 1 is 0.969 bits per heavy atom. The molecule has 0 saturated carbocycles. The summed E-state index contributed by atoms with van der Waals surface area (Å²) in [5, 5.41) is 2.95. The lowest BCUT2D eigenvalue weighted by molar-refractivity contribution is -0.117. The van der Waals surface area contributed by atoms with E-state index < -0.39 is 5.97 Å². The summed E-state index contributed by atoms with van der Waals surface area (Å²) in [5.41, 5.74) is 2.73. The van der Waals surface area contributed by atoms with Crippen LogP contribution in [-0.2, 0) is 9.53 Å². The van der Waals surface area contributed by atoms with Crippen molar-refractivity contribution in [3.05, 3.63) is 71.6 Å². The number of esters is 1. The first-order valence-corrected chi connectivity index (χ1v) is 11.6. The molecule has 1 aromatic heterocycles. The van der Waals surface area contributed by atoms with E-state index in [9.17, 15) is 9.59 Å². The number of benzene rings is 2. The molecule has 6 nitrogen and oxygen atoms in total. The molecule has 2 heterocycles. The van der Waals surface area contributed by atoms with Crippen LogP contribution in [0.25, 0.3) is 10.4 Å². The minimum absolute atomic E-state index is 0.124. The molecule has 32 heavy (non-hydrogen) atoms. The van der Waals surface area contributed by atoms with Gasteiger partial charge in [0.15, 0.2) is 0 Å². The number of carbonyl (C=O) groups is 2. The first-order valence-electron chi connectivity index (χ1n) is 10.8. The molecule has 0 spiro atoms. The lowest BCUT2D eigenvalue weighted by Gasteiger charge is -2.35. The number of piperazine rings is 1. The third-order valence-electron chi connectivity index (χ3n) is 5.39. The summed E-state index contributed by atoms with van der Waals surface area (Å²) in [6.07, 6.45) is 0. The number of hydrogen-bond donors (Lipinski definition) is 1. The van der Waals surface area contributed by atoms with Gasteiger partial charge in [0, 0.05) is 36.7 Å². The van der Waals surface area contributed by atoms with E-state index in [2.05, 4.69) is 27.2 Å². The third kappa shape index (κ3) is 5.36. The van der Waals surface area contributed by atoms with Crippen molar-refractivity contribution in [3.8, 4) is 10.4 Å². The summed E-state index contributed by atoms with van der Waals surface area (Å²) in [5.74, 6) is -0.535. The summed E-state index contributed by atoms with van der Waals surface area (Å²) in [6.45, 7) is 5.73. The van der Waals surface area contributed by atoms with Crippen molar-refractivity contribution in [1.29, 1.82) is 0 Å². The zero-order chi connectivity index (χ0) is 22.3. The van der Waals surface area contributed by atoms with Crippen LogP contribution in [0.3, 0.4) is 0 Å². The van der Waals surface area contributed by atoms with E-state index in [1.165, 1.54) is 17.0 Å². The van der Waals surface area contributed by atoms with Gasteiger partial charge in [0.1, 0.15) is 4.88 Å². The van der Waals surface area contributed by atoms with E-state index in [0.717, 1.165) is 36.6 Å². The highest BCUT2D eigenvalue weighted by Gasteiger charge is 2.22. The second-order valence-electron chi connectivity index (χ2n) is 7.59. The van der Waals surface area contributed by atoms with E-state index in [1.54, 1.807) is 6.92 Å². The number of ether oxygens (including phenoxy) is 1. The van der Waals surface area contributed by atoms with E-state index in [0.29, 0.717) is 17.1 Å². The predicted octanol–water partition coefficient (Wildman–Crippen LogP) is 4.35. The van der Waals surface area contributed by atoms with Crippen LogP contribution >= 0.6 is 11.3 Å². The molecule has 1 N–H and O–H groups in total. The summed E-state index contributed by atoms with van der Waals surface area (Å²) in [6, 6.07) is 22.0. The third-order valence-corrected chi connectivity index (χ3v) is 6.55. The first-order chi connectivity index (χ1) is 15.6. The minimum atomic E-state index is -0.411. The smallest absolute Gasteiger partial charge is 0.350 e. The fourth-order valence-corrected chi connectivity index (χ4v) is 4.79. The Morgan fingerprint density at radius 2 is 1.62 bits per heavy atom. The van der Waals surface area contributed by atoms with Gasteiger partial charge in [-0.25, -0.2) is 4.79 Å². The molecular weight excluding hydrogens is 422 g/mol. The molecule has 7 heteroatoms. The lowest BCUT2D eigenvalue weighted by atomic mass is 10.2. The van der Waals surface area contributed by atoms with Crippen molar-refractivity contribution in [2.45, 2.75) is 6.92 Å². The van der Waals surface area contributed by atoms with Crippen LogP contribution in [0.4, 0.5) is 11.4 Å². The molecule has 1 amide bonds. The van der Waals surface area contributed by atoms with Crippen LogP contribution in [0.5, 0.6) is 0 Å². The molecule has 1 aliphatic heterocycles. The van der Waals surface area contributed by atoms with Crippen molar-refractivity contribution in [3.63, 3.8) is 0 Å². The Kier molecular flexibility index (Phi) is 7.19. The van der Waals surface area contributed by atoms with Gasteiger partial charge >= 0.3 is 5.97 Å². The standard InChI is InChI=1S/C25H27N3O3S/c1-2-31-25(30)24-21(17-22(32-24)19-9-5-3-6-10-19)26-23(29)18-27-13-15-28(16-14-27)20-11-7-4-8-12-20/h3-12,17H,2,13-16,18H2,1H3,(H,26,29). The Morgan fingerprint density at radius 3 is 2.28 bits per heavy atom. The van der Waals surface area contributed by atoms with E-state index >= 15 is 0 Å². The van der Waals surface area contributed by atoms with E-state index in [-0.39, 0.29) is 12.5 Å². The van der Waals surface area contributed by atoms with Crippen molar-refractivity contribution in [2.24, 2.45) is 0 Å². The molecule has 1 fully saturated rings. The van der Waals surface area contributed by atoms with Crippen LogP contribution in [-0.4, -0.2) is 56.1 Å². The van der Waals surface area contributed by atoms with Crippen molar-refractivity contribution >= 4 is 34.6 Å². The molecule has 1 saturated heterocycles. The molecule has 166 valence electrons. The largest absolute Gasteiger partial charge is 0.462 e. The molecule has 1 aliphatic rings. The molecule has 0 atom stereocenters. The Balaban J connectivity index is 1.40. The number of carbonyl (C=O) groups excluding carboxylic acids is 2. The molecule has 2 aromatic carbocycles. The van der Waals surface area contributed by atoms with Gasteiger partial charge in [-0.15, -0.1) is 11.3 Å². The Bertz CT molecular complexity index is 1040. The second kappa shape index (κ2) is 10.4. The first kappa shape index (κ1) is 22.0. The van der Waals surface area contributed by atoms with Gasteiger partial charge in [0.05, 0.1) is 18.8 Å². The quantitative estimate of drug-likeness (QED) is 0.544. The summed E-state index contributed by atoms with van der Waals surface area (Å²) in [7, 11) is 0. The fraction of sp³-hybridized carbons (Fsp3) is 0.280. The molecule has 0 radical (unpaired) electrons. The van der Waals surface area contributed by atoms with Gasteiger partial charge in [-0.2, -0.15) is 0 Å². The monoisotopic (exact) mass is 449 g/mol. The van der Waals surface area contributed by atoms with Crippen LogP contribution < -0.4 is 10.2 Å². The summed E-state index contributed by atoms with van der Waals surface area (Å²) < 4.78 is 5.21. The van der Waals surface area contributed by atoms with Gasteiger partial charge in [0.2, 0.25) is 5.91 Å². The van der Waals surface area contributed by atoms with Gasteiger partial charge in [-0.05, 0) is 30.7 Å². The zero-order valence-electron chi connectivity index (χ0n) is 18.1. The Labute approximate surface area is 192 Å². The van der Waals surface area contributed by atoms with E-state index in [4.69, 9.17) is 4.74 Å². The van der Waals surface area contributed by atoms with Crippen molar-refractivity contribution < 1.29 is 14.3 Å². The SMILES string of the molecule is CCOC(=O)c1sc(-c2ccccc2)cc1NC(=O)CN1CCN(c2ccccc2)CC1. The molecule has 0 bridgehead atoms. The average Bonchev–Trinajstić information content (AvgIpc) is 3.24. The maximum Gasteiger partial charge on any atom is 0.350 e. The molecular formula is C25H27N3O3S. The highest BCUT2D eigenvalue weighted by atomic mass is 32.1. The van der Waals surface area contributed by atoms with Crippen LogP contribution in [0.15, 0.2) is 66.7 Å². The van der Waals surface area contributed by atoms with Crippen LogP contribution in [0.2, 0.25) is 0 Å². The normalized spacial score (nSPS) is 14.2. The summed E-state index contributed by atoms with van der Waals surface area (Å²) >= 11 is 1.34. The van der Waals surface area contributed by atoms with Gasteiger partial charge in [0.25, 0.3) is 0 Å². The second-order valence-corrected chi connectivity index (χ2v) is 8.64. The van der Waals surface area contributed by atoms with Crippen LogP contribution in [0, 0.1) is 0 Å². The fourth-order valence-electron chi connectivity index (χ4n) is 3.77. The molecule has 0 unspecified atom stereocenters. The van der Waals surface area contributed by atoms with E-state index in [1.807, 2.05) is 54.6 Å². The van der Waals surface area contributed by atoms with Crippen molar-refractivity contribution in [1.82, 2.24) is 4.90 Å². The average molecular weight is 450 g/mol. The highest BCUT2D eigenvalue weighted by Crippen LogP contribution is 2.35. The predicted molar refractivity (Wildman–Crippen MR) is 129 cm³/mol. The number of nitrogens with zero attached hydrogens (tertiary/aromatic N) is 2. The number of nitrogens with one attached hydrogen (secondary N) is 1. The lowest BCUT2D eigenvalue weighted by Crippen LogP contribution is -2.48. The maximum atomic E-state index is 12.8. The number of amides is 1. The topological polar surface area (TPSA) is 61.9 Å². The van der Waals surface area contributed by atoms with Gasteiger partial charge < -0.3 is 15.0 Å². The zero-order valence-corrected chi connectivity index (χ0v) is 18.9. The minimum Gasteiger partial charge on any atom is -0.462 e. The number of thiophene rings is 1. The van der Waals surface area contributed by atoms with Gasteiger partial charge in [-0.3, -0.25) is 9.69 Å². The number of anilines is 2. The molecule has 3 aromatic rings. The molecule has 4 rings (SSSR count). The van der Waals surface area contributed by atoms with Gasteiger partial charge in [-0.1, -0.05) is 48.5 Å². The molecule has 0 aliphatic carbocycles. The maximum absolute atomic E-state index is 12.8. The van der Waals surface area contributed by atoms with Crippen LogP contribution in [0.1, 0.15) is 16.6 Å². The Hall–Kier alpha value is -3.16.